The number of rotatable bonds is 7. The average Bonchev–Trinajstić information content (AvgIpc) is 2.54. The van der Waals surface area contributed by atoms with Crippen molar-refractivity contribution in [1.29, 1.82) is 0 Å². The van der Waals surface area contributed by atoms with Crippen LogP contribution in [0.5, 0.6) is 11.5 Å². The molecule has 2 aromatic rings. The van der Waals surface area contributed by atoms with E-state index in [0.29, 0.717) is 5.75 Å². The summed E-state index contributed by atoms with van der Waals surface area (Å²) in [4.78, 5) is 15.7. The number of methoxy groups -OCH3 is 1. The lowest BCUT2D eigenvalue weighted by Gasteiger charge is -2.08. The fourth-order valence-corrected chi connectivity index (χ4v) is 1.85. The molecule has 0 amide bonds. The van der Waals surface area contributed by atoms with Crippen LogP contribution in [0.15, 0.2) is 42.6 Å². The van der Waals surface area contributed by atoms with Gasteiger partial charge in [-0.3, -0.25) is 9.78 Å². The van der Waals surface area contributed by atoms with E-state index in [1.165, 1.54) is 0 Å². The van der Waals surface area contributed by atoms with E-state index in [1.54, 1.807) is 37.6 Å². The van der Waals surface area contributed by atoms with Crippen LogP contribution in [-0.4, -0.2) is 24.7 Å². The molecule has 0 N–H and O–H groups in total. The van der Waals surface area contributed by atoms with Gasteiger partial charge < -0.3 is 14.2 Å². The number of hydrogen-bond acceptors (Lipinski definition) is 5. The first-order chi connectivity index (χ1) is 10.7. The lowest BCUT2D eigenvalue weighted by atomic mass is 10.2. The monoisotopic (exact) mass is 301 g/mol. The van der Waals surface area contributed by atoms with Gasteiger partial charge in [-0.2, -0.15) is 0 Å². The van der Waals surface area contributed by atoms with E-state index in [4.69, 9.17) is 14.2 Å². The molecular weight excluding hydrogens is 282 g/mol. The molecule has 0 radical (unpaired) electrons. The first-order valence-electron chi connectivity index (χ1n) is 7.01. The molecule has 116 valence electrons. The van der Waals surface area contributed by atoms with Crippen LogP contribution in [-0.2, 0) is 16.1 Å². The molecule has 1 aromatic carbocycles. The number of benzene rings is 1. The summed E-state index contributed by atoms with van der Waals surface area (Å²) in [6.45, 7) is 2.43. The summed E-state index contributed by atoms with van der Waals surface area (Å²) in [6.07, 6.45) is 1.90. The Bertz CT molecular complexity index is 610. The van der Waals surface area contributed by atoms with Crippen molar-refractivity contribution in [2.24, 2.45) is 0 Å². The summed E-state index contributed by atoms with van der Waals surface area (Å²) >= 11 is 0. The maximum Gasteiger partial charge on any atom is 0.309 e. The molecular formula is C17H19NO4. The van der Waals surface area contributed by atoms with E-state index >= 15 is 0 Å². The first kappa shape index (κ1) is 15.8. The molecule has 0 unspecified atom stereocenters. The summed E-state index contributed by atoms with van der Waals surface area (Å²) in [6, 6.07) is 10.9. The summed E-state index contributed by atoms with van der Waals surface area (Å²) in [5.41, 5.74) is 1.83. The Morgan fingerprint density at radius 3 is 2.55 bits per heavy atom. The second kappa shape index (κ2) is 8.02. The number of aromatic nitrogens is 1. The molecule has 22 heavy (non-hydrogen) atoms. The highest BCUT2D eigenvalue weighted by molar-refractivity contribution is 5.69. The molecule has 0 fully saturated rings. The van der Waals surface area contributed by atoms with Crippen LogP contribution in [0.25, 0.3) is 0 Å². The quantitative estimate of drug-likeness (QED) is 0.736. The van der Waals surface area contributed by atoms with Crippen molar-refractivity contribution >= 4 is 5.97 Å². The van der Waals surface area contributed by atoms with Gasteiger partial charge in [0.15, 0.2) is 0 Å². The number of esters is 1. The van der Waals surface area contributed by atoms with Crippen molar-refractivity contribution in [2.45, 2.75) is 20.0 Å². The van der Waals surface area contributed by atoms with E-state index < -0.39 is 0 Å². The summed E-state index contributed by atoms with van der Waals surface area (Å²) in [7, 11) is 1.61. The van der Waals surface area contributed by atoms with Crippen molar-refractivity contribution in [3.8, 4) is 11.5 Å². The zero-order chi connectivity index (χ0) is 15.8. The van der Waals surface area contributed by atoms with Gasteiger partial charge in [-0.15, -0.1) is 0 Å². The summed E-state index contributed by atoms with van der Waals surface area (Å²) in [5.74, 6) is 1.17. The largest absolute Gasteiger partial charge is 0.497 e. The zero-order valence-corrected chi connectivity index (χ0v) is 12.7. The molecule has 2 rings (SSSR count). The van der Waals surface area contributed by atoms with Gasteiger partial charge in [0, 0.05) is 11.9 Å². The molecule has 1 heterocycles. The molecule has 0 spiro atoms. The normalized spacial score (nSPS) is 10.1. The van der Waals surface area contributed by atoms with Crippen LogP contribution in [0.4, 0.5) is 0 Å². The molecule has 1 aromatic heterocycles. The highest BCUT2D eigenvalue weighted by Crippen LogP contribution is 2.17. The number of ether oxygens (including phenoxy) is 3. The molecule has 0 aliphatic carbocycles. The van der Waals surface area contributed by atoms with E-state index in [1.807, 2.05) is 19.1 Å². The van der Waals surface area contributed by atoms with Crippen molar-refractivity contribution in [3.05, 3.63) is 53.9 Å². The smallest absolute Gasteiger partial charge is 0.309 e. The van der Waals surface area contributed by atoms with Crippen molar-refractivity contribution in [1.82, 2.24) is 4.98 Å². The minimum atomic E-state index is -0.289. The minimum absolute atomic E-state index is 0.204. The number of carbonyl (C=O) groups is 1. The Morgan fingerprint density at radius 2 is 1.86 bits per heavy atom. The fourth-order valence-electron chi connectivity index (χ4n) is 1.85. The van der Waals surface area contributed by atoms with Gasteiger partial charge in [-0.25, -0.2) is 0 Å². The molecule has 0 saturated carbocycles. The Kier molecular flexibility index (Phi) is 5.77. The Hall–Kier alpha value is -2.56. The topological polar surface area (TPSA) is 57.7 Å². The van der Waals surface area contributed by atoms with Crippen LogP contribution in [0.3, 0.4) is 0 Å². The van der Waals surface area contributed by atoms with E-state index in [9.17, 15) is 4.79 Å². The van der Waals surface area contributed by atoms with Crippen LogP contribution in [0.2, 0.25) is 0 Å². The van der Waals surface area contributed by atoms with Gasteiger partial charge in [-0.05, 0) is 48.9 Å². The second-order valence-corrected chi connectivity index (χ2v) is 4.74. The Labute approximate surface area is 129 Å². The third-order valence-corrected chi connectivity index (χ3v) is 3.00. The predicted octanol–water partition coefficient (Wildman–Crippen LogP) is 2.91. The van der Waals surface area contributed by atoms with Gasteiger partial charge in [0.2, 0.25) is 0 Å². The Balaban J connectivity index is 1.69. The number of pyridine rings is 1. The average molecular weight is 301 g/mol. The van der Waals surface area contributed by atoms with Gasteiger partial charge in [0.1, 0.15) is 18.1 Å². The molecule has 0 bridgehead atoms. The molecule has 0 aliphatic rings. The summed E-state index contributed by atoms with van der Waals surface area (Å²) in [5, 5.41) is 0. The van der Waals surface area contributed by atoms with Crippen molar-refractivity contribution < 1.29 is 19.0 Å². The Morgan fingerprint density at radius 1 is 1.14 bits per heavy atom. The zero-order valence-electron chi connectivity index (χ0n) is 12.7. The molecule has 5 heteroatoms. The number of nitrogens with zero attached hydrogens (tertiary/aromatic N) is 1. The molecule has 0 saturated heterocycles. The van der Waals surface area contributed by atoms with Gasteiger partial charge in [0.25, 0.3) is 0 Å². The van der Waals surface area contributed by atoms with Crippen molar-refractivity contribution in [2.75, 3.05) is 13.7 Å². The lowest BCUT2D eigenvalue weighted by Crippen LogP contribution is -2.10. The lowest BCUT2D eigenvalue weighted by molar-refractivity contribution is -0.145. The van der Waals surface area contributed by atoms with Crippen LogP contribution < -0.4 is 9.47 Å². The van der Waals surface area contributed by atoms with Gasteiger partial charge >= 0.3 is 5.97 Å². The maximum absolute atomic E-state index is 11.7. The van der Waals surface area contributed by atoms with E-state index in [-0.39, 0.29) is 25.6 Å². The van der Waals surface area contributed by atoms with E-state index in [0.717, 1.165) is 17.0 Å². The van der Waals surface area contributed by atoms with Crippen LogP contribution >= 0.6 is 0 Å². The van der Waals surface area contributed by atoms with Gasteiger partial charge in [0.05, 0.1) is 20.1 Å². The number of aryl methyl sites for hydroxylation is 1. The van der Waals surface area contributed by atoms with Gasteiger partial charge in [-0.1, -0.05) is 0 Å². The van der Waals surface area contributed by atoms with Crippen LogP contribution in [0.1, 0.15) is 17.7 Å². The molecule has 5 nitrogen and oxygen atoms in total. The SMILES string of the molecule is COc1ccc(OCCC(=O)OCc2ccnc(C)c2)cc1. The number of hydrogen-bond donors (Lipinski definition) is 0. The second-order valence-electron chi connectivity index (χ2n) is 4.74. The standard InChI is InChI=1S/C17H19NO4/c1-13-11-14(7-9-18-13)12-22-17(19)8-10-21-16-5-3-15(20-2)4-6-16/h3-7,9,11H,8,10,12H2,1-2H3. The summed E-state index contributed by atoms with van der Waals surface area (Å²) < 4.78 is 15.7. The molecule has 0 atom stereocenters. The third kappa shape index (κ3) is 5.09. The highest BCUT2D eigenvalue weighted by Gasteiger charge is 2.05. The van der Waals surface area contributed by atoms with Crippen molar-refractivity contribution in [3.63, 3.8) is 0 Å². The van der Waals surface area contributed by atoms with Crippen LogP contribution in [0, 0.1) is 6.92 Å². The molecule has 0 aliphatic heterocycles. The maximum atomic E-state index is 11.7. The number of carbonyl (C=O) groups excluding carboxylic acids is 1. The van der Waals surface area contributed by atoms with E-state index in [2.05, 4.69) is 4.98 Å². The third-order valence-electron chi connectivity index (χ3n) is 3.00. The fraction of sp³-hybridized carbons (Fsp3) is 0.294. The predicted molar refractivity (Wildman–Crippen MR) is 81.9 cm³/mol. The minimum Gasteiger partial charge on any atom is -0.497 e. The highest BCUT2D eigenvalue weighted by atomic mass is 16.5. The first-order valence-corrected chi connectivity index (χ1v) is 7.01.